The van der Waals surface area contributed by atoms with Crippen molar-refractivity contribution in [3.05, 3.63) is 0 Å². The number of hydrogen-bond donors (Lipinski definition) is 1. The molecule has 2 N–H and O–H groups in total. The number of hydrogen-bond acceptors (Lipinski definition) is 3. The van der Waals surface area contributed by atoms with Crippen LogP contribution < -0.4 is 5.73 Å². The second kappa shape index (κ2) is 3.61. The maximum atomic E-state index is 11.7. The topological polar surface area (TPSA) is 38.5 Å². The van der Waals surface area contributed by atoms with Gasteiger partial charge in [0.2, 0.25) is 0 Å². The Balaban J connectivity index is 1.59. The largest absolute Gasteiger partial charge is 0.522 e. The lowest BCUT2D eigenvalue weighted by atomic mass is 9.86. The Labute approximate surface area is 86.4 Å². The van der Waals surface area contributed by atoms with Gasteiger partial charge in [-0.1, -0.05) is 0 Å². The number of nitrogens with two attached hydrogens (primary N) is 1. The third-order valence-electron chi connectivity index (χ3n) is 3.10. The fraction of sp³-hybridized carbons (Fsp3) is 1.00. The fourth-order valence-electron chi connectivity index (χ4n) is 2.15. The van der Waals surface area contributed by atoms with Crippen LogP contribution in [-0.4, -0.2) is 43.0 Å². The van der Waals surface area contributed by atoms with Crippen molar-refractivity contribution in [3.8, 4) is 0 Å². The van der Waals surface area contributed by atoms with Crippen LogP contribution in [0.15, 0.2) is 0 Å². The summed E-state index contributed by atoms with van der Waals surface area (Å²) in [4.78, 5) is 1.91. The van der Waals surface area contributed by atoms with Crippen LogP contribution in [-0.2, 0) is 4.74 Å². The maximum absolute atomic E-state index is 11.7. The summed E-state index contributed by atoms with van der Waals surface area (Å²) in [6.45, 7) is 1.42. The number of likely N-dealkylation sites (tertiary alicyclic amines) is 1. The van der Waals surface area contributed by atoms with E-state index in [0.717, 1.165) is 0 Å². The van der Waals surface area contributed by atoms with E-state index in [9.17, 15) is 13.2 Å². The minimum absolute atomic E-state index is 0.127. The van der Waals surface area contributed by atoms with Crippen LogP contribution in [0.1, 0.15) is 12.8 Å². The number of nitrogens with zero attached hydrogens (tertiary/aromatic N) is 1. The summed E-state index contributed by atoms with van der Waals surface area (Å²) in [5, 5.41) is 0. The molecule has 0 unspecified atom stereocenters. The Morgan fingerprint density at radius 2 is 1.93 bits per heavy atom. The molecule has 0 aromatic rings. The van der Waals surface area contributed by atoms with E-state index in [2.05, 4.69) is 4.74 Å². The number of halogens is 3. The lowest BCUT2D eigenvalue weighted by Gasteiger charge is -2.48. The first kappa shape index (κ1) is 11.2. The van der Waals surface area contributed by atoms with Crippen LogP contribution in [0.4, 0.5) is 13.2 Å². The molecule has 1 saturated heterocycles. The van der Waals surface area contributed by atoms with Gasteiger partial charge in [0.15, 0.2) is 0 Å². The fourth-order valence-corrected chi connectivity index (χ4v) is 2.15. The van der Waals surface area contributed by atoms with E-state index in [1.54, 1.807) is 0 Å². The van der Waals surface area contributed by atoms with Gasteiger partial charge < -0.3 is 5.73 Å². The zero-order chi connectivity index (χ0) is 11.1. The Morgan fingerprint density at radius 3 is 2.40 bits per heavy atom. The van der Waals surface area contributed by atoms with Gasteiger partial charge in [-0.05, 0) is 18.8 Å². The van der Waals surface area contributed by atoms with Gasteiger partial charge >= 0.3 is 6.36 Å². The number of rotatable bonds is 4. The van der Waals surface area contributed by atoms with Gasteiger partial charge in [-0.15, -0.1) is 13.2 Å². The molecular weight excluding hydrogens is 209 g/mol. The zero-order valence-electron chi connectivity index (χ0n) is 8.39. The van der Waals surface area contributed by atoms with Crippen molar-refractivity contribution in [3.63, 3.8) is 0 Å². The molecule has 2 fully saturated rings. The molecule has 1 aliphatic carbocycles. The molecule has 0 atom stereocenters. The Hall–Kier alpha value is -0.330. The summed E-state index contributed by atoms with van der Waals surface area (Å²) in [6.07, 6.45) is -2.17. The van der Waals surface area contributed by atoms with Gasteiger partial charge in [0.05, 0.1) is 6.61 Å². The summed E-state index contributed by atoms with van der Waals surface area (Å²) in [6, 6.07) is 0. The standard InChI is InChI=1S/C9H15F3N2O/c10-9(11,12)15-4-3-14-5-8(13,6-14)7-1-2-7/h7H,1-6,13H2. The second-order valence-electron chi connectivity index (χ2n) is 4.51. The minimum atomic E-state index is -4.51. The Kier molecular flexibility index (Phi) is 2.68. The van der Waals surface area contributed by atoms with Gasteiger partial charge in [-0.25, -0.2) is 0 Å². The van der Waals surface area contributed by atoms with E-state index in [1.807, 2.05) is 4.90 Å². The average Bonchev–Trinajstić information content (AvgIpc) is 2.80. The molecule has 0 amide bonds. The average molecular weight is 224 g/mol. The molecule has 88 valence electrons. The van der Waals surface area contributed by atoms with Crippen molar-refractivity contribution in [2.45, 2.75) is 24.7 Å². The van der Waals surface area contributed by atoms with Gasteiger partial charge in [-0.2, -0.15) is 0 Å². The van der Waals surface area contributed by atoms with Crippen molar-refractivity contribution in [2.24, 2.45) is 11.7 Å². The number of alkyl halides is 3. The predicted molar refractivity (Wildman–Crippen MR) is 48.1 cm³/mol. The molecule has 1 saturated carbocycles. The highest BCUT2D eigenvalue weighted by atomic mass is 19.4. The van der Waals surface area contributed by atoms with E-state index >= 15 is 0 Å². The summed E-state index contributed by atoms with van der Waals surface area (Å²) in [5.74, 6) is 0.595. The molecular formula is C9H15F3N2O. The van der Waals surface area contributed by atoms with Crippen LogP contribution in [0.2, 0.25) is 0 Å². The van der Waals surface area contributed by atoms with Crippen LogP contribution in [0.25, 0.3) is 0 Å². The van der Waals surface area contributed by atoms with E-state index in [0.29, 0.717) is 25.6 Å². The molecule has 0 bridgehead atoms. The molecule has 0 radical (unpaired) electrons. The summed E-state index contributed by atoms with van der Waals surface area (Å²) in [7, 11) is 0. The molecule has 2 aliphatic rings. The predicted octanol–water partition coefficient (Wildman–Crippen LogP) is 0.946. The lowest BCUT2D eigenvalue weighted by Crippen LogP contribution is -2.68. The Morgan fingerprint density at radius 1 is 1.33 bits per heavy atom. The first-order valence-corrected chi connectivity index (χ1v) is 5.11. The van der Waals surface area contributed by atoms with Crippen molar-refractivity contribution < 1.29 is 17.9 Å². The third kappa shape index (κ3) is 2.83. The molecule has 6 heteroatoms. The van der Waals surface area contributed by atoms with Gasteiger partial charge in [-0.3, -0.25) is 9.64 Å². The summed E-state index contributed by atoms with van der Waals surface area (Å²) in [5.41, 5.74) is 5.92. The molecule has 0 aromatic carbocycles. The first-order valence-electron chi connectivity index (χ1n) is 5.11. The van der Waals surface area contributed by atoms with Crippen molar-refractivity contribution in [1.29, 1.82) is 0 Å². The van der Waals surface area contributed by atoms with Crippen LogP contribution in [0.3, 0.4) is 0 Å². The van der Waals surface area contributed by atoms with Gasteiger partial charge in [0, 0.05) is 25.2 Å². The van der Waals surface area contributed by atoms with E-state index in [1.165, 1.54) is 12.8 Å². The third-order valence-corrected chi connectivity index (χ3v) is 3.10. The normalized spacial score (nSPS) is 26.4. The zero-order valence-corrected chi connectivity index (χ0v) is 8.39. The summed E-state index contributed by atoms with van der Waals surface area (Å²) >= 11 is 0. The van der Waals surface area contributed by atoms with Gasteiger partial charge in [0.1, 0.15) is 0 Å². The number of ether oxygens (including phenoxy) is 1. The van der Waals surface area contributed by atoms with Crippen molar-refractivity contribution >= 4 is 0 Å². The van der Waals surface area contributed by atoms with Crippen molar-refractivity contribution in [2.75, 3.05) is 26.2 Å². The highest BCUT2D eigenvalue weighted by molar-refractivity contribution is 5.08. The minimum Gasteiger partial charge on any atom is -0.323 e. The molecule has 0 aromatic heterocycles. The molecule has 1 heterocycles. The SMILES string of the molecule is NC1(C2CC2)CN(CCOC(F)(F)F)C1. The van der Waals surface area contributed by atoms with E-state index in [-0.39, 0.29) is 12.1 Å². The highest BCUT2D eigenvalue weighted by Crippen LogP contribution is 2.42. The molecule has 15 heavy (non-hydrogen) atoms. The second-order valence-corrected chi connectivity index (χ2v) is 4.51. The smallest absolute Gasteiger partial charge is 0.323 e. The Bertz CT molecular complexity index is 234. The molecule has 3 nitrogen and oxygen atoms in total. The maximum Gasteiger partial charge on any atom is 0.522 e. The highest BCUT2D eigenvalue weighted by Gasteiger charge is 2.49. The quantitative estimate of drug-likeness (QED) is 0.772. The molecule has 2 rings (SSSR count). The first-order chi connectivity index (χ1) is 6.89. The monoisotopic (exact) mass is 224 g/mol. The van der Waals surface area contributed by atoms with Crippen LogP contribution in [0, 0.1) is 5.92 Å². The molecule has 1 aliphatic heterocycles. The van der Waals surface area contributed by atoms with Crippen LogP contribution >= 0.6 is 0 Å². The molecule has 0 spiro atoms. The van der Waals surface area contributed by atoms with Gasteiger partial charge in [0.25, 0.3) is 0 Å². The van der Waals surface area contributed by atoms with Crippen LogP contribution in [0.5, 0.6) is 0 Å². The lowest BCUT2D eigenvalue weighted by molar-refractivity contribution is -0.325. The van der Waals surface area contributed by atoms with Crippen molar-refractivity contribution in [1.82, 2.24) is 4.90 Å². The van der Waals surface area contributed by atoms with E-state index in [4.69, 9.17) is 5.73 Å². The summed E-state index contributed by atoms with van der Waals surface area (Å²) < 4.78 is 38.7. The van der Waals surface area contributed by atoms with E-state index < -0.39 is 6.36 Å².